The number of para-hydroxylation sites is 1. The standard InChI is InChI=1S/C21H29NO2/c1-4-13-22(14-19-11-7-5-9-17(19)2)15-20(23)16-24-21-12-8-6-10-18(21)3/h5-12,20,23H,4,13-16H2,1-3H3/t20-/m1/s1. The molecule has 3 heteroatoms. The summed E-state index contributed by atoms with van der Waals surface area (Å²) in [4.78, 5) is 2.30. The van der Waals surface area contributed by atoms with E-state index in [2.05, 4.69) is 43.0 Å². The Morgan fingerprint density at radius 1 is 1.00 bits per heavy atom. The lowest BCUT2D eigenvalue weighted by Gasteiger charge is -2.25. The quantitative estimate of drug-likeness (QED) is 0.757. The summed E-state index contributed by atoms with van der Waals surface area (Å²) in [5.74, 6) is 0.845. The Hall–Kier alpha value is -1.84. The maximum absolute atomic E-state index is 10.4. The van der Waals surface area contributed by atoms with Crippen LogP contribution in [0.2, 0.25) is 0 Å². The molecule has 2 aromatic carbocycles. The Bertz CT molecular complexity index is 627. The van der Waals surface area contributed by atoms with Crippen LogP contribution in [0, 0.1) is 13.8 Å². The van der Waals surface area contributed by atoms with Crippen molar-refractivity contribution >= 4 is 0 Å². The van der Waals surface area contributed by atoms with Crippen LogP contribution in [0.25, 0.3) is 0 Å². The zero-order chi connectivity index (χ0) is 17.4. The third-order valence-electron chi connectivity index (χ3n) is 4.19. The maximum Gasteiger partial charge on any atom is 0.122 e. The van der Waals surface area contributed by atoms with Gasteiger partial charge in [-0.3, -0.25) is 4.90 Å². The van der Waals surface area contributed by atoms with Crippen LogP contribution < -0.4 is 4.74 Å². The number of rotatable bonds is 9. The smallest absolute Gasteiger partial charge is 0.122 e. The van der Waals surface area contributed by atoms with Crippen molar-refractivity contribution in [2.75, 3.05) is 19.7 Å². The largest absolute Gasteiger partial charge is 0.491 e. The number of ether oxygens (including phenoxy) is 1. The van der Waals surface area contributed by atoms with E-state index in [1.54, 1.807) is 0 Å². The number of aryl methyl sites for hydroxylation is 2. The second kappa shape index (κ2) is 9.45. The number of nitrogens with zero attached hydrogens (tertiary/aromatic N) is 1. The number of hydrogen-bond acceptors (Lipinski definition) is 3. The van der Waals surface area contributed by atoms with Gasteiger partial charge >= 0.3 is 0 Å². The van der Waals surface area contributed by atoms with Crippen molar-refractivity contribution in [1.82, 2.24) is 4.90 Å². The molecule has 3 nitrogen and oxygen atoms in total. The Kier molecular flexibility index (Phi) is 7.29. The second-order valence-electron chi connectivity index (χ2n) is 6.39. The fourth-order valence-electron chi connectivity index (χ4n) is 2.83. The molecular formula is C21H29NO2. The van der Waals surface area contributed by atoms with Crippen molar-refractivity contribution in [3.63, 3.8) is 0 Å². The van der Waals surface area contributed by atoms with Crippen LogP contribution in [0.5, 0.6) is 5.75 Å². The first-order chi connectivity index (χ1) is 11.6. The summed E-state index contributed by atoms with van der Waals surface area (Å²) in [7, 11) is 0. The van der Waals surface area contributed by atoms with Gasteiger partial charge in [-0.25, -0.2) is 0 Å². The van der Waals surface area contributed by atoms with Gasteiger partial charge in [-0.15, -0.1) is 0 Å². The van der Waals surface area contributed by atoms with Crippen LogP contribution in [0.4, 0.5) is 0 Å². The molecule has 0 saturated carbocycles. The van der Waals surface area contributed by atoms with Gasteiger partial charge in [-0.1, -0.05) is 49.4 Å². The SMILES string of the molecule is CCCN(Cc1ccccc1C)C[C@@H](O)COc1ccccc1C. The van der Waals surface area contributed by atoms with E-state index in [4.69, 9.17) is 4.74 Å². The third kappa shape index (κ3) is 5.66. The van der Waals surface area contributed by atoms with Crippen molar-refractivity contribution in [1.29, 1.82) is 0 Å². The summed E-state index contributed by atoms with van der Waals surface area (Å²) in [5.41, 5.74) is 3.71. The van der Waals surface area contributed by atoms with E-state index < -0.39 is 6.10 Å². The topological polar surface area (TPSA) is 32.7 Å². The minimum atomic E-state index is -0.500. The fourth-order valence-corrected chi connectivity index (χ4v) is 2.83. The van der Waals surface area contributed by atoms with Crippen LogP contribution in [0.15, 0.2) is 48.5 Å². The van der Waals surface area contributed by atoms with E-state index in [1.807, 2.05) is 31.2 Å². The number of aliphatic hydroxyl groups is 1. The fraction of sp³-hybridized carbons (Fsp3) is 0.429. The molecule has 1 atom stereocenters. The van der Waals surface area contributed by atoms with Crippen molar-refractivity contribution in [2.45, 2.75) is 39.8 Å². The van der Waals surface area contributed by atoms with E-state index in [-0.39, 0.29) is 0 Å². The molecule has 1 N–H and O–H groups in total. The molecular weight excluding hydrogens is 298 g/mol. The van der Waals surface area contributed by atoms with Gasteiger partial charge in [0.25, 0.3) is 0 Å². The van der Waals surface area contributed by atoms with E-state index in [9.17, 15) is 5.11 Å². The summed E-state index contributed by atoms with van der Waals surface area (Å²) in [6.07, 6.45) is 0.567. The first-order valence-corrected chi connectivity index (χ1v) is 8.73. The highest BCUT2D eigenvalue weighted by Crippen LogP contribution is 2.17. The lowest BCUT2D eigenvalue weighted by Crippen LogP contribution is -2.36. The Labute approximate surface area is 145 Å². The summed E-state index contributed by atoms with van der Waals surface area (Å²) < 4.78 is 5.77. The van der Waals surface area contributed by atoms with E-state index in [0.29, 0.717) is 13.2 Å². The Balaban J connectivity index is 1.89. The van der Waals surface area contributed by atoms with Crippen LogP contribution in [0.3, 0.4) is 0 Å². The molecule has 0 saturated heterocycles. The van der Waals surface area contributed by atoms with Crippen LogP contribution >= 0.6 is 0 Å². The van der Waals surface area contributed by atoms with Crippen LogP contribution in [-0.4, -0.2) is 35.8 Å². The summed E-state index contributed by atoms with van der Waals surface area (Å²) >= 11 is 0. The van der Waals surface area contributed by atoms with E-state index >= 15 is 0 Å². The zero-order valence-corrected chi connectivity index (χ0v) is 15.0. The molecule has 0 aliphatic rings. The average molecular weight is 327 g/mol. The Morgan fingerprint density at radius 2 is 1.67 bits per heavy atom. The molecule has 0 radical (unpaired) electrons. The highest BCUT2D eigenvalue weighted by atomic mass is 16.5. The average Bonchev–Trinajstić information content (AvgIpc) is 2.56. The highest BCUT2D eigenvalue weighted by molar-refractivity contribution is 5.31. The third-order valence-corrected chi connectivity index (χ3v) is 4.19. The van der Waals surface area contributed by atoms with Gasteiger partial charge in [0.05, 0.1) is 0 Å². The number of benzene rings is 2. The first kappa shape index (κ1) is 18.5. The van der Waals surface area contributed by atoms with Crippen molar-refractivity contribution in [3.8, 4) is 5.75 Å². The molecule has 0 fully saturated rings. The van der Waals surface area contributed by atoms with Crippen molar-refractivity contribution in [2.24, 2.45) is 0 Å². The van der Waals surface area contributed by atoms with Gasteiger partial charge in [0.2, 0.25) is 0 Å². The molecule has 2 rings (SSSR count). The minimum absolute atomic E-state index is 0.318. The second-order valence-corrected chi connectivity index (χ2v) is 6.39. The lowest BCUT2D eigenvalue weighted by molar-refractivity contribution is 0.0653. The maximum atomic E-state index is 10.4. The monoisotopic (exact) mass is 327 g/mol. The predicted molar refractivity (Wildman–Crippen MR) is 99.4 cm³/mol. The summed E-state index contributed by atoms with van der Waals surface area (Å²) in [5, 5.41) is 10.4. The number of hydrogen-bond donors (Lipinski definition) is 1. The minimum Gasteiger partial charge on any atom is -0.491 e. The molecule has 24 heavy (non-hydrogen) atoms. The van der Waals surface area contributed by atoms with Gasteiger partial charge in [0.15, 0.2) is 0 Å². The summed E-state index contributed by atoms with van der Waals surface area (Å²) in [6.45, 7) is 9.09. The first-order valence-electron chi connectivity index (χ1n) is 8.73. The van der Waals surface area contributed by atoms with Crippen LogP contribution in [-0.2, 0) is 6.54 Å². The van der Waals surface area contributed by atoms with Gasteiger partial charge < -0.3 is 9.84 Å². The molecule has 130 valence electrons. The molecule has 0 aromatic heterocycles. The molecule has 0 aliphatic heterocycles. The van der Waals surface area contributed by atoms with E-state index in [0.717, 1.165) is 30.8 Å². The molecule has 0 bridgehead atoms. The zero-order valence-electron chi connectivity index (χ0n) is 15.0. The molecule has 2 aromatic rings. The molecule has 0 unspecified atom stereocenters. The lowest BCUT2D eigenvalue weighted by atomic mass is 10.1. The van der Waals surface area contributed by atoms with Gasteiger partial charge in [-0.05, 0) is 49.6 Å². The van der Waals surface area contributed by atoms with Gasteiger partial charge in [0.1, 0.15) is 18.5 Å². The van der Waals surface area contributed by atoms with Crippen LogP contribution in [0.1, 0.15) is 30.0 Å². The molecule has 0 aliphatic carbocycles. The van der Waals surface area contributed by atoms with Gasteiger partial charge in [0, 0.05) is 13.1 Å². The predicted octanol–water partition coefficient (Wildman–Crippen LogP) is 3.96. The highest BCUT2D eigenvalue weighted by Gasteiger charge is 2.13. The van der Waals surface area contributed by atoms with E-state index in [1.165, 1.54) is 11.1 Å². The summed E-state index contributed by atoms with van der Waals surface area (Å²) in [6, 6.07) is 16.3. The number of aliphatic hydroxyl groups excluding tert-OH is 1. The van der Waals surface area contributed by atoms with Crippen molar-refractivity contribution in [3.05, 3.63) is 65.2 Å². The van der Waals surface area contributed by atoms with Crippen molar-refractivity contribution < 1.29 is 9.84 Å². The molecule has 0 spiro atoms. The van der Waals surface area contributed by atoms with Gasteiger partial charge in [-0.2, -0.15) is 0 Å². The Morgan fingerprint density at radius 3 is 2.33 bits per heavy atom. The normalized spacial score (nSPS) is 12.4. The molecule has 0 heterocycles. The molecule has 0 amide bonds.